The number of nitrogens with zero attached hydrogens (tertiary/aromatic N) is 2. The van der Waals surface area contributed by atoms with Gasteiger partial charge >= 0.3 is 0 Å². The largest absolute Gasteiger partial charge is 0.456 e. The topological polar surface area (TPSA) is 38.9 Å². The third-order valence-electron chi connectivity index (χ3n) is 9.50. The number of thiophene rings is 1. The molecule has 0 amide bonds. The molecule has 0 saturated heterocycles. The van der Waals surface area contributed by atoms with Gasteiger partial charge in [0, 0.05) is 37.0 Å². The highest BCUT2D eigenvalue weighted by Crippen LogP contribution is 2.38. The molecule has 234 valence electrons. The van der Waals surface area contributed by atoms with Gasteiger partial charge in [0.05, 0.1) is 11.4 Å². The van der Waals surface area contributed by atoms with Gasteiger partial charge in [-0.2, -0.15) is 0 Å². The van der Waals surface area contributed by atoms with Crippen molar-refractivity contribution in [3.63, 3.8) is 0 Å². The fourth-order valence-electron chi connectivity index (χ4n) is 6.97. The Morgan fingerprint density at radius 1 is 0.400 bits per heavy atom. The quantitative estimate of drug-likeness (QED) is 0.185. The highest BCUT2D eigenvalue weighted by Gasteiger charge is 2.16. The number of fused-ring (bicyclic) bond motifs is 5. The van der Waals surface area contributed by atoms with Gasteiger partial charge in [-0.25, -0.2) is 9.97 Å². The molecule has 0 atom stereocenters. The minimum absolute atomic E-state index is 0.672. The molecule has 0 aliphatic heterocycles. The highest BCUT2D eigenvalue weighted by molar-refractivity contribution is 7.22. The van der Waals surface area contributed by atoms with Crippen LogP contribution in [0.4, 0.5) is 0 Å². The lowest BCUT2D eigenvalue weighted by molar-refractivity contribution is 0.669. The third-order valence-corrected chi connectivity index (χ3v) is 10.7. The van der Waals surface area contributed by atoms with E-state index >= 15 is 0 Å². The second-order valence-electron chi connectivity index (χ2n) is 12.6. The molecule has 0 bridgehead atoms. The molecule has 0 radical (unpaired) electrons. The summed E-state index contributed by atoms with van der Waals surface area (Å²) in [5, 5.41) is 5.76. The molecule has 0 fully saturated rings. The molecule has 0 N–H and O–H groups in total. The molecular formula is C46H28N2OS. The Labute approximate surface area is 292 Å². The van der Waals surface area contributed by atoms with E-state index in [1.54, 1.807) is 0 Å². The molecule has 7 aromatic carbocycles. The van der Waals surface area contributed by atoms with Crippen LogP contribution in [0.1, 0.15) is 0 Å². The normalized spacial score (nSPS) is 11.6. The van der Waals surface area contributed by atoms with E-state index in [4.69, 9.17) is 14.4 Å². The third kappa shape index (κ3) is 4.97. The van der Waals surface area contributed by atoms with Gasteiger partial charge in [0.25, 0.3) is 0 Å². The van der Waals surface area contributed by atoms with Crippen LogP contribution >= 0.6 is 11.3 Å². The Morgan fingerprint density at radius 3 is 1.86 bits per heavy atom. The number of furan rings is 1. The lowest BCUT2D eigenvalue weighted by Crippen LogP contribution is -1.97. The summed E-state index contributed by atoms with van der Waals surface area (Å²) in [6, 6.07) is 59.7. The van der Waals surface area contributed by atoms with Gasteiger partial charge < -0.3 is 4.42 Å². The number of aromatic nitrogens is 2. The van der Waals surface area contributed by atoms with Gasteiger partial charge in [0.1, 0.15) is 11.2 Å². The van der Waals surface area contributed by atoms with Crippen molar-refractivity contribution >= 4 is 54.1 Å². The van der Waals surface area contributed by atoms with E-state index in [1.165, 1.54) is 25.9 Å². The van der Waals surface area contributed by atoms with E-state index in [0.29, 0.717) is 5.82 Å². The molecule has 50 heavy (non-hydrogen) atoms. The summed E-state index contributed by atoms with van der Waals surface area (Å²) in [6.45, 7) is 0. The second kappa shape index (κ2) is 11.7. The fraction of sp³-hybridized carbons (Fsp3) is 0. The standard InChI is InChI=1S/C46H28N2OS/c1-2-10-29(11-3-1)36-15-7-8-16-37(36)41-28-40(30-18-20-31(21-19-30)45-27-34-14-6-9-17-44(34)50-45)47-46(48-41)35-22-23-42-38(25-35)39-24-32-12-4-5-13-33(32)26-43(39)49-42/h1-28H. The molecule has 10 rings (SSSR count). The van der Waals surface area contributed by atoms with E-state index < -0.39 is 0 Å². The van der Waals surface area contributed by atoms with E-state index in [2.05, 4.69) is 158 Å². The van der Waals surface area contributed by atoms with E-state index in [0.717, 1.165) is 66.5 Å². The van der Waals surface area contributed by atoms with Crippen molar-refractivity contribution in [3.8, 4) is 55.5 Å². The predicted molar refractivity (Wildman–Crippen MR) is 209 cm³/mol. The van der Waals surface area contributed by atoms with Crippen LogP contribution in [0.15, 0.2) is 174 Å². The van der Waals surface area contributed by atoms with Crippen LogP contribution in [0.25, 0.3) is 98.3 Å². The zero-order chi connectivity index (χ0) is 33.0. The van der Waals surface area contributed by atoms with Crippen molar-refractivity contribution in [2.24, 2.45) is 0 Å². The maximum atomic E-state index is 6.33. The zero-order valence-corrected chi connectivity index (χ0v) is 27.7. The summed E-state index contributed by atoms with van der Waals surface area (Å²) >= 11 is 1.82. The Morgan fingerprint density at radius 2 is 1.04 bits per heavy atom. The minimum Gasteiger partial charge on any atom is -0.456 e. The molecule has 3 nitrogen and oxygen atoms in total. The van der Waals surface area contributed by atoms with Crippen LogP contribution in [0.3, 0.4) is 0 Å². The first-order valence-corrected chi connectivity index (χ1v) is 17.5. The Balaban J connectivity index is 1.14. The molecule has 0 aliphatic carbocycles. The molecule has 0 spiro atoms. The van der Waals surface area contributed by atoms with Crippen LogP contribution < -0.4 is 0 Å². The minimum atomic E-state index is 0.672. The van der Waals surface area contributed by atoms with E-state index in [-0.39, 0.29) is 0 Å². The molecular weight excluding hydrogens is 629 g/mol. The van der Waals surface area contributed by atoms with Crippen molar-refractivity contribution in [2.75, 3.05) is 0 Å². The molecule has 0 unspecified atom stereocenters. The first kappa shape index (κ1) is 28.6. The van der Waals surface area contributed by atoms with Gasteiger partial charge in [0.15, 0.2) is 5.82 Å². The van der Waals surface area contributed by atoms with Crippen molar-refractivity contribution in [3.05, 3.63) is 170 Å². The SMILES string of the molecule is c1ccc(-c2ccccc2-c2cc(-c3ccc(-c4cc5ccccc5s4)cc3)nc(-c3ccc4oc5cc6ccccc6cc5c4c3)n2)cc1. The van der Waals surface area contributed by atoms with Crippen molar-refractivity contribution in [1.82, 2.24) is 9.97 Å². The summed E-state index contributed by atoms with van der Waals surface area (Å²) < 4.78 is 7.62. The molecule has 10 aromatic rings. The first-order valence-electron chi connectivity index (χ1n) is 16.7. The number of rotatable bonds is 5. The van der Waals surface area contributed by atoms with Crippen LogP contribution in [-0.2, 0) is 0 Å². The Hall–Kier alpha value is -6.36. The summed E-state index contributed by atoms with van der Waals surface area (Å²) in [4.78, 5) is 11.7. The fourth-order valence-corrected chi connectivity index (χ4v) is 8.04. The highest BCUT2D eigenvalue weighted by atomic mass is 32.1. The summed E-state index contributed by atoms with van der Waals surface area (Å²) in [5.41, 5.74) is 10.00. The predicted octanol–water partition coefficient (Wildman–Crippen LogP) is 13.1. The molecule has 3 heterocycles. The van der Waals surface area contributed by atoms with Crippen molar-refractivity contribution < 1.29 is 4.42 Å². The van der Waals surface area contributed by atoms with E-state index in [9.17, 15) is 0 Å². The van der Waals surface area contributed by atoms with Crippen LogP contribution in [-0.4, -0.2) is 9.97 Å². The average molecular weight is 657 g/mol. The van der Waals surface area contributed by atoms with Gasteiger partial charge in [-0.1, -0.05) is 121 Å². The molecule has 4 heteroatoms. The maximum absolute atomic E-state index is 6.33. The monoisotopic (exact) mass is 656 g/mol. The van der Waals surface area contributed by atoms with Gasteiger partial charge in [0.2, 0.25) is 0 Å². The van der Waals surface area contributed by atoms with Gasteiger partial charge in [-0.15, -0.1) is 11.3 Å². The molecule has 3 aromatic heterocycles. The van der Waals surface area contributed by atoms with Crippen molar-refractivity contribution in [2.45, 2.75) is 0 Å². The molecule has 0 saturated carbocycles. The number of hydrogen-bond donors (Lipinski definition) is 0. The lowest BCUT2D eigenvalue weighted by Gasteiger charge is -2.13. The number of benzene rings is 7. The van der Waals surface area contributed by atoms with Crippen LogP contribution in [0, 0.1) is 0 Å². The van der Waals surface area contributed by atoms with Gasteiger partial charge in [-0.3, -0.25) is 0 Å². The van der Waals surface area contributed by atoms with Crippen LogP contribution in [0.2, 0.25) is 0 Å². The molecule has 0 aliphatic rings. The van der Waals surface area contributed by atoms with Crippen molar-refractivity contribution in [1.29, 1.82) is 0 Å². The van der Waals surface area contributed by atoms with E-state index in [1.807, 2.05) is 23.5 Å². The summed E-state index contributed by atoms with van der Waals surface area (Å²) in [7, 11) is 0. The lowest BCUT2D eigenvalue weighted by atomic mass is 9.96. The maximum Gasteiger partial charge on any atom is 0.160 e. The summed E-state index contributed by atoms with van der Waals surface area (Å²) in [6.07, 6.45) is 0. The smallest absolute Gasteiger partial charge is 0.160 e. The second-order valence-corrected chi connectivity index (χ2v) is 13.7. The Kier molecular flexibility index (Phi) is 6.68. The average Bonchev–Trinajstić information content (AvgIpc) is 3.78. The Bertz CT molecular complexity index is 2830. The number of hydrogen-bond acceptors (Lipinski definition) is 4. The van der Waals surface area contributed by atoms with Crippen LogP contribution in [0.5, 0.6) is 0 Å². The summed E-state index contributed by atoms with van der Waals surface area (Å²) in [5.74, 6) is 0.672. The van der Waals surface area contributed by atoms with Gasteiger partial charge in [-0.05, 0) is 81.4 Å². The first-order chi connectivity index (χ1) is 24.7. The zero-order valence-electron chi connectivity index (χ0n) is 26.9.